The lowest BCUT2D eigenvalue weighted by molar-refractivity contribution is -0.140. The molecule has 2 aromatic carbocycles. The Labute approximate surface area is 220 Å². The number of benzene rings is 2. The van der Waals surface area contributed by atoms with Gasteiger partial charge in [-0.05, 0) is 66.9 Å². The van der Waals surface area contributed by atoms with Gasteiger partial charge in [0.05, 0.1) is 36.6 Å². The second-order valence-corrected chi connectivity index (χ2v) is 9.98. The monoisotopic (exact) mass is 551 g/mol. The summed E-state index contributed by atoms with van der Waals surface area (Å²) in [6, 6.07) is 10.4. The Morgan fingerprint density at radius 2 is 2.00 bits per heavy atom. The van der Waals surface area contributed by atoms with Crippen molar-refractivity contribution in [3.63, 3.8) is 0 Å². The van der Waals surface area contributed by atoms with E-state index in [9.17, 15) is 26.3 Å². The second kappa shape index (κ2) is 11.6. The van der Waals surface area contributed by atoms with Crippen LogP contribution in [0.25, 0.3) is 10.9 Å². The maximum Gasteiger partial charge on any atom is 0.406 e. The number of ether oxygens (including phenoxy) is 1. The normalized spacial score (nSPS) is 19.0. The van der Waals surface area contributed by atoms with E-state index in [0.29, 0.717) is 28.7 Å². The number of nitrogens with zero attached hydrogens (tertiary/aromatic N) is 2. The average molecular weight is 552 g/mol. The van der Waals surface area contributed by atoms with E-state index in [-0.39, 0.29) is 29.4 Å². The zero-order valence-corrected chi connectivity index (χ0v) is 21.6. The minimum absolute atomic E-state index is 0.0545. The van der Waals surface area contributed by atoms with Crippen molar-refractivity contribution < 1.29 is 31.1 Å². The molecule has 2 N–H and O–H groups in total. The number of halogens is 4. The zero-order valence-electron chi connectivity index (χ0n) is 20.8. The van der Waals surface area contributed by atoms with Crippen LogP contribution in [0.2, 0.25) is 0 Å². The molecule has 1 saturated heterocycles. The number of likely N-dealkylation sites (tertiary alicyclic amines) is 1. The van der Waals surface area contributed by atoms with Crippen LogP contribution in [0.1, 0.15) is 12.1 Å². The van der Waals surface area contributed by atoms with Gasteiger partial charge in [0.15, 0.2) is 0 Å². The van der Waals surface area contributed by atoms with Crippen molar-refractivity contribution in [3.8, 4) is 17.6 Å². The Bertz CT molecular complexity index is 1380. The van der Waals surface area contributed by atoms with E-state index in [1.807, 2.05) is 11.9 Å². The van der Waals surface area contributed by atoms with Gasteiger partial charge in [-0.2, -0.15) is 13.2 Å². The quantitative estimate of drug-likeness (QED) is 0.258. The summed E-state index contributed by atoms with van der Waals surface area (Å²) in [7, 11) is 3.24. The topological polar surface area (TPSA) is 81.6 Å². The molecule has 38 heavy (non-hydrogen) atoms. The van der Waals surface area contributed by atoms with Crippen molar-refractivity contribution >= 4 is 33.4 Å². The lowest BCUT2D eigenvalue weighted by Gasteiger charge is -2.33. The van der Waals surface area contributed by atoms with Crippen LogP contribution in [0.5, 0.6) is 5.75 Å². The number of anilines is 2. The van der Waals surface area contributed by atoms with Gasteiger partial charge in [0.25, 0.3) is 0 Å². The fourth-order valence-electron chi connectivity index (χ4n) is 4.48. The van der Waals surface area contributed by atoms with E-state index in [0.717, 1.165) is 11.1 Å². The molecule has 204 valence electrons. The molecular formula is C26H27F4N4O3S-. The summed E-state index contributed by atoms with van der Waals surface area (Å²) in [5.41, 5.74) is 1.55. The third kappa shape index (κ3) is 6.59. The number of methoxy groups -OCH3 is 1. The molecule has 7 nitrogen and oxygen atoms in total. The Morgan fingerprint density at radius 3 is 2.68 bits per heavy atom. The zero-order chi connectivity index (χ0) is 27.4. The van der Waals surface area contributed by atoms with Gasteiger partial charge in [0, 0.05) is 29.1 Å². The van der Waals surface area contributed by atoms with Crippen molar-refractivity contribution in [3.05, 3.63) is 48.2 Å². The van der Waals surface area contributed by atoms with Crippen LogP contribution in [0, 0.1) is 11.8 Å². The molecule has 0 spiro atoms. The van der Waals surface area contributed by atoms with Crippen LogP contribution in [-0.4, -0.2) is 70.4 Å². The van der Waals surface area contributed by atoms with Gasteiger partial charge in [0.1, 0.15) is 18.5 Å². The van der Waals surface area contributed by atoms with E-state index < -0.39 is 36.0 Å². The Kier molecular flexibility index (Phi) is 8.50. The predicted octanol–water partition coefficient (Wildman–Crippen LogP) is 4.37. The highest BCUT2D eigenvalue weighted by Crippen LogP contribution is 2.32. The van der Waals surface area contributed by atoms with Crippen LogP contribution < -0.4 is 15.4 Å². The number of aromatic nitrogens is 1. The Morgan fingerprint density at radius 1 is 1.21 bits per heavy atom. The van der Waals surface area contributed by atoms with Crippen molar-refractivity contribution in [2.24, 2.45) is 0 Å². The number of alkyl halides is 4. The van der Waals surface area contributed by atoms with Gasteiger partial charge in [0.2, 0.25) is 0 Å². The molecular weight excluding hydrogens is 524 g/mol. The molecule has 4 rings (SSSR count). The molecule has 1 aliphatic heterocycles. The van der Waals surface area contributed by atoms with E-state index in [2.05, 4.69) is 22.5 Å². The molecule has 0 saturated carbocycles. The summed E-state index contributed by atoms with van der Waals surface area (Å²) < 4.78 is 83.6. The predicted molar refractivity (Wildman–Crippen MR) is 138 cm³/mol. The lowest BCUT2D eigenvalue weighted by Crippen LogP contribution is -2.46. The molecule has 1 aliphatic rings. The highest BCUT2D eigenvalue weighted by molar-refractivity contribution is 7.79. The van der Waals surface area contributed by atoms with Crippen LogP contribution in [0.15, 0.2) is 47.4 Å². The van der Waals surface area contributed by atoms with Gasteiger partial charge in [-0.1, -0.05) is 12.0 Å². The van der Waals surface area contributed by atoms with Crippen LogP contribution >= 0.6 is 0 Å². The van der Waals surface area contributed by atoms with Crippen LogP contribution in [0.3, 0.4) is 0 Å². The van der Waals surface area contributed by atoms with Gasteiger partial charge >= 0.3 is 6.18 Å². The molecule has 2 heterocycles. The molecule has 3 aromatic rings. The molecule has 0 bridgehead atoms. The van der Waals surface area contributed by atoms with Crippen molar-refractivity contribution in [2.75, 3.05) is 44.4 Å². The summed E-state index contributed by atoms with van der Waals surface area (Å²) in [6.07, 6.45) is -5.00. The number of piperidine rings is 1. The Balaban J connectivity index is 1.60. The number of fused-ring (bicyclic) bond motifs is 1. The number of rotatable bonds is 7. The maximum atomic E-state index is 14.6. The van der Waals surface area contributed by atoms with Gasteiger partial charge in [-0.25, -0.2) is 4.39 Å². The average Bonchev–Trinajstić information content (AvgIpc) is 3.20. The molecule has 1 aromatic heterocycles. The van der Waals surface area contributed by atoms with E-state index in [4.69, 9.17) is 4.74 Å². The van der Waals surface area contributed by atoms with Gasteiger partial charge < -0.3 is 29.4 Å². The van der Waals surface area contributed by atoms with Gasteiger partial charge in [-0.15, -0.1) is 0 Å². The summed E-state index contributed by atoms with van der Waals surface area (Å²) >= 11 is -2.42. The molecule has 0 aliphatic carbocycles. The minimum atomic E-state index is -4.47. The summed E-state index contributed by atoms with van der Waals surface area (Å²) in [6.45, 7) is -0.156. The number of hydrogen-bond acceptors (Lipinski definition) is 6. The molecule has 0 radical (unpaired) electrons. The van der Waals surface area contributed by atoms with Gasteiger partial charge in [-0.3, -0.25) is 4.21 Å². The number of nitrogens with one attached hydrogen (secondary N) is 2. The third-order valence-corrected chi connectivity index (χ3v) is 6.96. The highest BCUT2D eigenvalue weighted by Gasteiger charge is 2.31. The standard InChI is InChI=1S/C26H28F4N4O3S/c1-33-12-10-22(20(27)15-33)32-21-6-3-7-24-19(21)13-17(34(24)16-26(28,29)30)5-4-11-31-23-9-8-18(38(35)36)14-25(23)37-2/h3,6-9,13-14,20,22,31-32H,10-12,15-16H2,1-2H3,(H,35,36)/p-1/t20-,22-/m1/s1. The van der Waals surface area contributed by atoms with Crippen LogP contribution in [0.4, 0.5) is 28.9 Å². The first-order valence-corrected chi connectivity index (χ1v) is 12.9. The molecule has 1 unspecified atom stereocenters. The molecule has 0 amide bonds. The van der Waals surface area contributed by atoms with E-state index in [1.54, 1.807) is 24.3 Å². The first-order valence-electron chi connectivity index (χ1n) is 11.8. The lowest BCUT2D eigenvalue weighted by atomic mass is 10.0. The van der Waals surface area contributed by atoms with E-state index in [1.165, 1.54) is 25.3 Å². The fraction of sp³-hybridized carbons (Fsp3) is 0.385. The summed E-state index contributed by atoms with van der Waals surface area (Å²) in [5.74, 6) is 5.92. The van der Waals surface area contributed by atoms with E-state index >= 15 is 0 Å². The third-order valence-electron chi connectivity index (χ3n) is 6.32. The van der Waals surface area contributed by atoms with Crippen molar-refractivity contribution in [1.29, 1.82) is 0 Å². The maximum absolute atomic E-state index is 14.6. The minimum Gasteiger partial charge on any atom is -0.768 e. The van der Waals surface area contributed by atoms with Crippen molar-refractivity contribution in [1.82, 2.24) is 9.47 Å². The molecule has 12 heteroatoms. The summed E-state index contributed by atoms with van der Waals surface area (Å²) in [5, 5.41) is 6.71. The molecule has 1 fully saturated rings. The molecule has 3 atom stereocenters. The largest absolute Gasteiger partial charge is 0.768 e. The first kappa shape index (κ1) is 27.8. The fourth-order valence-corrected chi connectivity index (χ4v) is 4.86. The first-order chi connectivity index (χ1) is 18.1. The number of hydrogen-bond donors (Lipinski definition) is 2. The van der Waals surface area contributed by atoms with Crippen molar-refractivity contribution in [2.45, 2.75) is 36.3 Å². The second-order valence-electron chi connectivity index (χ2n) is 9.04. The highest BCUT2D eigenvalue weighted by atomic mass is 32.2. The smallest absolute Gasteiger partial charge is 0.406 e. The SMILES string of the molecule is COc1cc(S(=O)[O-])ccc1NCC#Cc1cc2c(N[C@@H]3CCN(C)C[C@H]3F)cccc2n1CC(F)(F)F. The van der Waals surface area contributed by atoms with Crippen LogP contribution in [-0.2, 0) is 17.6 Å². The Hall–Kier alpha value is -3.27. The summed E-state index contributed by atoms with van der Waals surface area (Å²) in [4.78, 5) is 1.96.